The number of fused-ring (bicyclic) bond motifs is 1. The van der Waals surface area contributed by atoms with Gasteiger partial charge in [0.25, 0.3) is 0 Å². The van der Waals surface area contributed by atoms with Crippen LogP contribution in [0.4, 0.5) is 0 Å². The Balaban J connectivity index is 2.00. The zero-order valence-corrected chi connectivity index (χ0v) is 13.6. The Labute approximate surface area is 138 Å². The number of hydrogen-bond donors (Lipinski definition) is 0. The van der Waals surface area contributed by atoms with Gasteiger partial charge < -0.3 is 9.90 Å². The summed E-state index contributed by atoms with van der Waals surface area (Å²) in [5.41, 5.74) is 4.11. The lowest BCUT2D eigenvalue weighted by atomic mass is 10.1. The lowest BCUT2D eigenvalue weighted by Gasteiger charge is -2.06. The zero-order chi connectivity index (χ0) is 16.2. The second-order valence-electron chi connectivity index (χ2n) is 5.44. The molecule has 23 heavy (non-hydrogen) atoms. The fourth-order valence-electron chi connectivity index (χ4n) is 2.35. The minimum absolute atomic E-state index is 0.00633. The average molecular weight is 322 g/mol. The van der Waals surface area contributed by atoms with E-state index >= 15 is 0 Å². The van der Waals surface area contributed by atoms with Crippen molar-refractivity contribution in [1.82, 2.24) is 4.98 Å². The molecule has 1 aromatic heterocycles. The number of carbonyl (C=O) groups is 1. The molecule has 0 aliphatic heterocycles. The number of aromatic nitrogens is 1. The molecule has 3 aromatic rings. The largest absolute Gasteiger partial charge is 0.550 e. The van der Waals surface area contributed by atoms with Crippen LogP contribution in [-0.2, 0) is 4.79 Å². The third-order valence-corrected chi connectivity index (χ3v) is 4.70. The topological polar surface area (TPSA) is 53.0 Å². The van der Waals surface area contributed by atoms with Crippen LogP contribution < -0.4 is 5.11 Å². The number of carbonyl (C=O) groups excluding carboxylic acids is 1. The third kappa shape index (κ3) is 3.85. The Hall–Kier alpha value is -2.46. The van der Waals surface area contributed by atoms with Crippen molar-refractivity contribution in [3.63, 3.8) is 0 Å². The molecular weight excluding hydrogens is 306 g/mol. The van der Waals surface area contributed by atoms with Crippen molar-refractivity contribution in [2.45, 2.75) is 19.8 Å². The van der Waals surface area contributed by atoms with Gasteiger partial charge in [-0.2, -0.15) is 0 Å². The minimum atomic E-state index is -1.04. The van der Waals surface area contributed by atoms with Crippen LogP contribution in [0.2, 0.25) is 0 Å². The van der Waals surface area contributed by atoms with Gasteiger partial charge in [-0.25, -0.2) is 4.98 Å². The van der Waals surface area contributed by atoms with Crippen LogP contribution in [0.3, 0.4) is 0 Å². The summed E-state index contributed by atoms with van der Waals surface area (Å²) in [7, 11) is 0. The molecule has 0 saturated carbocycles. The highest BCUT2D eigenvalue weighted by Crippen LogP contribution is 2.30. The summed E-state index contributed by atoms with van der Waals surface area (Å²) >= 11 is 1.59. The molecule has 0 fully saturated rings. The number of benzene rings is 2. The van der Waals surface area contributed by atoms with Gasteiger partial charge in [0.05, 0.1) is 10.2 Å². The number of thiazole rings is 1. The summed E-state index contributed by atoms with van der Waals surface area (Å²) in [5.74, 6) is -1.04. The first-order valence-electron chi connectivity index (χ1n) is 7.45. The second-order valence-corrected chi connectivity index (χ2v) is 6.47. The summed E-state index contributed by atoms with van der Waals surface area (Å²) in [4.78, 5) is 15.5. The third-order valence-electron chi connectivity index (χ3n) is 3.59. The second kappa shape index (κ2) is 6.75. The Morgan fingerprint density at radius 2 is 1.87 bits per heavy atom. The standard InChI is InChI=1S/C19H17NO2S/c1-13-6-8-14(9-7-13)12-15(10-11-18(21)22)19-20-16-4-2-3-5-17(16)23-19/h2-9,12H,10-11H2,1H3,(H,21,22)/p-1/b15-12+. The number of aryl methyl sites for hydroxylation is 1. The molecule has 0 spiro atoms. The van der Waals surface area contributed by atoms with E-state index in [-0.39, 0.29) is 6.42 Å². The van der Waals surface area contributed by atoms with Crippen LogP contribution >= 0.6 is 11.3 Å². The maximum absolute atomic E-state index is 10.8. The van der Waals surface area contributed by atoms with Crippen molar-refractivity contribution in [3.05, 3.63) is 64.7 Å². The first-order chi connectivity index (χ1) is 11.1. The molecule has 0 aliphatic carbocycles. The predicted molar refractivity (Wildman–Crippen MR) is 92.9 cm³/mol. The minimum Gasteiger partial charge on any atom is -0.550 e. The summed E-state index contributed by atoms with van der Waals surface area (Å²) < 4.78 is 1.10. The fraction of sp³-hybridized carbons (Fsp3) is 0.158. The first-order valence-corrected chi connectivity index (χ1v) is 8.26. The molecule has 0 bridgehead atoms. The van der Waals surface area contributed by atoms with Gasteiger partial charge in [-0.3, -0.25) is 0 Å². The molecule has 1 heterocycles. The van der Waals surface area contributed by atoms with Gasteiger partial charge in [-0.05, 0) is 49.1 Å². The lowest BCUT2D eigenvalue weighted by Crippen LogP contribution is -2.21. The molecule has 4 heteroatoms. The zero-order valence-electron chi connectivity index (χ0n) is 12.8. The molecular formula is C19H16NO2S-. The molecule has 0 aliphatic rings. The van der Waals surface area contributed by atoms with Crippen LogP contribution in [0.5, 0.6) is 0 Å². The molecule has 0 unspecified atom stereocenters. The number of para-hydroxylation sites is 1. The Kier molecular flexibility index (Phi) is 4.53. The number of rotatable bonds is 5. The highest BCUT2D eigenvalue weighted by atomic mass is 32.1. The van der Waals surface area contributed by atoms with E-state index < -0.39 is 5.97 Å². The molecule has 0 N–H and O–H groups in total. The number of hydrogen-bond acceptors (Lipinski definition) is 4. The lowest BCUT2D eigenvalue weighted by molar-refractivity contribution is -0.305. The Morgan fingerprint density at radius 1 is 1.13 bits per heavy atom. The van der Waals surface area contributed by atoms with E-state index in [1.807, 2.05) is 61.5 Å². The molecule has 2 aromatic carbocycles. The van der Waals surface area contributed by atoms with Gasteiger partial charge >= 0.3 is 0 Å². The number of aliphatic carboxylic acids is 1. The van der Waals surface area contributed by atoms with Gasteiger partial charge in [0.2, 0.25) is 0 Å². The molecule has 0 atom stereocenters. The molecule has 0 saturated heterocycles. The van der Waals surface area contributed by atoms with Crippen LogP contribution in [0.1, 0.15) is 29.0 Å². The van der Waals surface area contributed by atoms with Crippen LogP contribution in [-0.4, -0.2) is 11.0 Å². The fourth-order valence-corrected chi connectivity index (χ4v) is 3.36. The average Bonchev–Trinajstić information content (AvgIpc) is 2.97. The quantitative estimate of drug-likeness (QED) is 0.720. The summed E-state index contributed by atoms with van der Waals surface area (Å²) in [6, 6.07) is 16.1. The SMILES string of the molecule is Cc1ccc(/C=C(\CCC(=O)[O-])c2nc3ccccc3s2)cc1. The van der Waals surface area contributed by atoms with Crippen molar-refractivity contribution < 1.29 is 9.90 Å². The van der Waals surface area contributed by atoms with E-state index in [1.165, 1.54) is 5.56 Å². The van der Waals surface area contributed by atoms with Crippen LogP contribution in [0.25, 0.3) is 21.9 Å². The van der Waals surface area contributed by atoms with Gasteiger partial charge in [0.1, 0.15) is 5.01 Å². The Bertz CT molecular complexity index is 829. The van der Waals surface area contributed by atoms with Gasteiger partial charge in [0, 0.05) is 5.97 Å². The summed E-state index contributed by atoms with van der Waals surface area (Å²) in [5, 5.41) is 11.7. The molecule has 3 rings (SSSR count). The highest BCUT2D eigenvalue weighted by Gasteiger charge is 2.09. The number of carboxylic acid groups (broad SMARTS) is 1. The Morgan fingerprint density at radius 3 is 2.57 bits per heavy atom. The van der Waals surface area contributed by atoms with Crippen LogP contribution in [0, 0.1) is 6.92 Å². The maximum Gasteiger partial charge on any atom is 0.120 e. The smallest absolute Gasteiger partial charge is 0.120 e. The first kappa shape index (κ1) is 15.4. The molecule has 116 valence electrons. The summed E-state index contributed by atoms with van der Waals surface area (Å²) in [6.45, 7) is 2.04. The number of allylic oxidation sites excluding steroid dienone is 1. The number of carboxylic acids is 1. The molecule has 0 amide bonds. The van der Waals surface area contributed by atoms with Crippen LogP contribution in [0.15, 0.2) is 48.5 Å². The van der Waals surface area contributed by atoms with Gasteiger partial charge in [-0.1, -0.05) is 42.0 Å². The van der Waals surface area contributed by atoms with E-state index in [0.29, 0.717) is 6.42 Å². The van der Waals surface area contributed by atoms with E-state index in [4.69, 9.17) is 0 Å². The normalized spacial score (nSPS) is 11.8. The number of nitrogens with zero attached hydrogens (tertiary/aromatic N) is 1. The maximum atomic E-state index is 10.8. The van der Waals surface area contributed by atoms with Crippen molar-refractivity contribution >= 4 is 39.2 Å². The van der Waals surface area contributed by atoms with Gasteiger partial charge in [0.15, 0.2) is 0 Å². The molecule has 0 radical (unpaired) electrons. The molecule has 3 nitrogen and oxygen atoms in total. The van der Waals surface area contributed by atoms with Crippen molar-refractivity contribution in [1.29, 1.82) is 0 Å². The van der Waals surface area contributed by atoms with E-state index in [2.05, 4.69) is 4.98 Å². The monoisotopic (exact) mass is 322 g/mol. The van der Waals surface area contributed by atoms with E-state index in [9.17, 15) is 9.90 Å². The van der Waals surface area contributed by atoms with Crippen molar-refractivity contribution in [2.24, 2.45) is 0 Å². The summed E-state index contributed by atoms with van der Waals surface area (Å²) in [6.07, 6.45) is 2.42. The highest BCUT2D eigenvalue weighted by molar-refractivity contribution is 7.19. The van der Waals surface area contributed by atoms with Crippen molar-refractivity contribution in [2.75, 3.05) is 0 Å². The van der Waals surface area contributed by atoms with Gasteiger partial charge in [-0.15, -0.1) is 11.3 Å². The van der Waals surface area contributed by atoms with Crippen molar-refractivity contribution in [3.8, 4) is 0 Å². The van der Waals surface area contributed by atoms with E-state index in [0.717, 1.165) is 26.4 Å². The van der Waals surface area contributed by atoms with E-state index in [1.54, 1.807) is 11.3 Å². The predicted octanol–water partition coefficient (Wildman–Crippen LogP) is 3.68.